The van der Waals surface area contributed by atoms with Gasteiger partial charge in [0.05, 0.1) is 12.1 Å². The van der Waals surface area contributed by atoms with Crippen LogP contribution in [0.4, 0.5) is 6.01 Å². The highest BCUT2D eigenvalue weighted by molar-refractivity contribution is 5.89. The Morgan fingerprint density at radius 1 is 1.24 bits per heavy atom. The summed E-state index contributed by atoms with van der Waals surface area (Å²) in [7, 11) is 0. The van der Waals surface area contributed by atoms with Crippen molar-refractivity contribution in [3.8, 4) is 17.1 Å². The van der Waals surface area contributed by atoms with Crippen molar-refractivity contribution in [3.63, 3.8) is 0 Å². The number of hydrogen-bond acceptors (Lipinski definition) is 6. The summed E-state index contributed by atoms with van der Waals surface area (Å²) >= 11 is 0. The first-order chi connectivity index (χ1) is 14.0. The number of rotatable bonds is 4. The maximum atomic E-state index is 11.5. The summed E-state index contributed by atoms with van der Waals surface area (Å²) in [4.78, 5) is 20.6. The first-order valence-corrected chi connectivity index (χ1v) is 9.61. The number of fused-ring (bicyclic) bond motifs is 1. The van der Waals surface area contributed by atoms with E-state index in [0.29, 0.717) is 24.1 Å². The minimum atomic E-state index is -0.316. The van der Waals surface area contributed by atoms with Crippen molar-refractivity contribution in [3.05, 3.63) is 35.9 Å². The summed E-state index contributed by atoms with van der Waals surface area (Å²) in [5, 5.41) is 0. The second-order valence-electron chi connectivity index (χ2n) is 7.49. The summed E-state index contributed by atoms with van der Waals surface area (Å²) < 4.78 is 13.6. The SMILES string of the molecule is C[C@@H](Cc1cc2c3c(c1)nc(-c1ccc4oc(N)nc4c1)n3CCCO2)C(N)=O. The van der Waals surface area contributed by atoms with E-state index in [-0.39, 0.29) is 17.8 Å². The van der Waals surface area contributed by atoms with Crippen LogP contribution in [0.3, 0.4) is 0 Å². The number of benzene rings is 2. The molecule has 0 saturated carbocycles. The topological polar surface area (TPSA) is 122 Å². The molecule has 8 heteroatoms. The predicted molar refractivity (Wildman–Crippen MR) is 109 cm³/mol. The average molecular weight is 391 g/mol. The molecule has 2 aromatic carbocycles. The number of aromatic nitrogens is 3. The van der Waals surface area contributed by atoms with E-state index in [0.717, 1.165) is 46.7 Å². The number of nitrogen functional groups attached to an aromatic ring is 1. The quantitative estimate of drug-likeness (QED) is 0.551. The number of nitrogens with zero attached hydrogens (tertiary/aromatic N) is 3. The molecule has 1 aliphatic heterocycles. The van der Waals surface area contributed by atoms with Gasteiger partial charge >= 0.3 is 0 Å². The Bertz CT molecular complexity index is 1260. The molecule has 1 aliphatic rings. The van der Waals surface area contributed by atoms with Gasteiger partial charge in [-0.2, -0.15) is 4.98 Å². The monoisotopic (exact) mass is 391 g/mol. The molecule has 3 heterocycles. The van der Waals surface area contributed by atoms with E-state index in [9.17, 15) is 4.79 Å². The van der Waals surface area contributed by atoms with E-state index in [1.807, 2.05) is 37.3 Å². The van der Waals surface area contributed by atoms with Gasteiger partial charge in [0, 0.05) is 18.0 Å². The van der Waals surface area contributed by atoms with Crippen LogP contribution in [0.2, 0.25) is 0 Å². The van der Waals surface area contributed by atoms with E-state index in [1.54, 1.807) is 0 Å². The number of carbonyl (C=O) groups is 1. The van der Waals surface area contributed by atoms with Gasteiger partial charge in [-0.25, -0.2) is 4.98 Å². The van der Waals surface area contributed by atoms with Crippen molar-refractivity contribution in [2.24, 2.45) is 11.7 Å². The number of aryl methyl sites for hydroxylation is 1. The zero-order valence-corrected chi connectivity index (χ0v) is 16.0. The van der Waals surface area contributed by atoms with E-state index >= 15 is 0 Å². The lowest BCUT2D eigenvalue weighted by Gasteiger charge is -2.10. The van der Waals surface area contributed by atoms with Gasteiger partial charge in [0.2, 0.25) is 5.91 Å². The van der Waals surface area contributed by atoms with Crippen molar-refractivity contribution in [1.82, 2.24) is 14.5 Å². The largest absolute Gasteiger partial charge is 0.491 e. The van der Waals surface area contributed by atoms with Gasteiger partial charge in [0.1, 0.15) is 22.6 Å². The van der Waals surface area contributed by atoms with Crippen LogP contribution in [0, 0.1) is 5.92 Å². The molecule has 5 rings (SSSR count). The highest BCUT2D eigenvalue weighted by Crippen LogP contribution is 2.35. The molecule has 0 unspecified atom stereocenters. The van der Waals surface area contributed by atoms with Gasteiger partial charge in [-0.1, -0.05) is 6.92 Å². The fourth-order valence-electron chi connectivity index (χ4n) is 3.89. The Morgan fingerprint density at radius 3 is 2.93 bits per heavy atom. The lowest BCUT2D eigenvalue weighted by molar-refractivity contribution is -0.121. The Kier molecular flexibility index (Phi) is 3.94. The van der Waals surface area contributed by atoms with Crippen molar-refractivity contribution in [1.29, 1.82) is 0 Å². The van der Waals surface area contributed by atoms with E-state index in [4.69, 9.17) is 25.6 Å². The zero-order chi connectivity index (χ0) is 20.1. The van der Waals surface area contributed by atoms with Crippen LogP contribution in [-0.4, -0.2) is 27.0 Å². The van der Waals surface area contributed by atoms with Crippen molar-refractivity contribution in [2.45, 2.75) is 26.3 Å². The molecule has 4 N–H and O–H groups in total. The molecule has 0 bridgehead atoms. The van der Waals surface area contributed by atoms with Crippen LogP contribution in [0.1, 0.15) is 18.9 Å². The molecule has 0 fully saturated rings. The van der Waals surface area contributed by atoms with Crippen LogP contribution in [0.5, 0.6) is 5.75 Å². The molecule has 4 aromatic rings. The molecule has 2 aromatic heterocycles. The highest BCUT2D eigenvalue weighted by atomic mass is 16.5. The minimum absolute atomic E-state index is 0.146. The Hall–Kier alpha value is -3.55. The minimum Gasteiger partial charge on any atom is -0.491 e. The molecule has 0 spiro atoms. The number of nitrogens with two attached hydrogens (primary N) is 2. The van der Waals surface area contributed by atoms with Gasteiger partial charge in [-0.15, -0.1) is 0 Å². The molecule has 0 radical (unpaired) electrons. The third-order valence-electron chi connectivity index (χ3n) is 5.34. The number of amides is 1. The molecule has 1 amide bonds. The number of anilines is 1. The Morgan fingerprint density at radius 2 is 2.10 bits per heavy atom. The van der Waals surface area contributed by atoms with Crippen molar-refractivity contribution < 1.29 is 13.9 Å². The van der Waals surface area contributed by atoms with Gasteiger partial charge in [-0.3, -0.25) is 4.79 Å². The summed E-state index contributed by atoms with van der Waals surface area (Å²) in [5.41, 5.74) is 16.2. The Labute approximate surface area is 166 Å². The zero-order valence-electron chi connectivity index (χ0n) is 16.0. The van der Waals surface area contributed by atoms with E-state index < -0.39 is 0 Å². The molecule has 0 aliphatic carbocycles. The Balaban J connectivity index is 1.67. The first-order valence-electron chi connectivity index (χ1n) is 9.61. The number of imidazole rings is 1. The second kappa shape index (κ2) is 6.51. The standard InChI is InChI=1S/C21H21N5O3/c1-11(19(22)27)7-12-8-15-18-17(9-12)28-6-2-5-26(18)20(24-15)13-3-4-16-14(10-13)25-21(23)29-16/h3-4,8-11H,2,5-7H2,1H3,(H2,22,27)(H2,23,25)/t11-/m0/s1. The third kappa shape index (κ3) is 2.97. The molecule has 29 heavy (non-hydrogen) atoms. The maximum absolute atomic E-state index is 11.5. The van der Waals surface area contributed by atoms with Crippen LogP contribution < -0.4 is 16.2 Å². The van der Waals surface area contributed by atoms with Crippen LogP contribution in [0.15, 0.2) is 34.7 Å². The highest BCUT2D eigenvalue weighted by Gasteiger charge is 2.21. The van der Waals surface area contributed by atoms with Gasteiger partial charge in [-0.05, 0) is 48.7 Å². The molecule has 148 valence electrons. The molecular weight excluding hydrogens is 370 g/mol. The van der Waals surface area contributed by atoms with Crippen LogP contribution >= 0.6 is 0 Å². The molecule has 8 nitrogen and oxygen atoms in total. The lowest BCUT2D eigenvalue weighted by atomic mass is 10.00. The van der Waals surface area contributed by atoms with Crippen molar-refractivity contribution >= 4 is 34.1 Å². The van der Waals surface area contributed by atoms with Gasteiger partial charge < -0.3 is 25.2 Å². The van der Waals surface area contributed by atoms with Crippen LogP contribution in [0.25, 0.3) is 33.5 Å². The number of hydrogen-bond donors (Lipinski definition) is 2. The maximum Gasteiger partial charge on any atom is 0.292 e. The van der Waals surface area contributed by atoms with Gasteiger partial charge in [0.25, 0.3) is 6.01 Å². The predicted octanol–water partition coefficient (Wildman–Crippen LogP) is 2.87. The molecule has 1 atom stereocenters. The fourth-order valence-corrected chi connectivity index (χ4v) is 3.89. The van der Waals surface area contributed by atoms with Crippen molar-refractivity contribution in [2.75, 3.05) is 12.3 Å². The van der Waals surface area contributed by atoms with E-state index in [2.05, 4.69) is 9.55 Å². The smallest absolute Gasteiger partial charge is 0.292 e. The van der Waals surface area contributed by atoms with Crippen LogP contribution in [-0.2, 0) is 17.8 Å². The lowest BCUT2D eigenvalue weighted by Crippen LogP contribution is -2.22. The summed E-state index contributed by atoms with van der Waals surface area (Å²) in [6, 6.07) is 9.90. The number of carbonyl (C=O) groups excluding carboxylic acids is 1. The fraction of sp³-hybridized carbons (Fsp3) is 0.286. The van der Waals surface area contributed by atoms with Gasteiger partial charge in [0.15, 0.2) is 5.58 Å². The number of oxazole rings is 1. The normalized spacial score (nSPS) is 14.7. The molecular formula is C21H21N5O3. The summed E-state index contributed by atoms with van der Waals surface area (Å²) in [6.45, 7) is 3.26. The average Bonchev–Trinajstić information content (AvgIpc) is 3.15. The first kappa shape index (κ1) is 17.5. The number of ether oxygens (including phenoxy) is 1. The van der Waals surface area contributed by atoms with E-state index in [1.165, 1.54) is 0 Å². The summed E-state index contributed by atoms with van der Waals surface area (Å²) in [5.74, 6) is 1.06. The number of primary amides is 1. The summed E-state index contributed by atoms with van der Waals surface area (Å²) in [6.07, 6.45) is 1.42. The second-order valence-corrected chi connectivity index (χ2v) is 7.49. The molecule has 0 saturated heterocycles. The third-order valence-corrected chi connectivity index (χ3v) is 5.34.